The largest absolute Gasteiger partial charge is 0.496 e. The van der Waals surface area contributed by atoms with Crippen molar-refractivity contribution in [1.29, 1.82) is 0 Å². The van der Waals surface area contributed by atoms with Crippen molar-refractivity contribution < 1.29 is 14.3 Å². The minimum Gasteiger partial charge on any atom is -0.496 e. The highest BCUT2D eigenvalue weighted by Gasteiger charge is 2.37. The summed E-state index contributed by atoms with van der Waals surface area (Å²) in [6.07, 6.45) is 1.76. The number of benzene rings is 1. The van der Waals surface area contributed by atoms with Crippen molar-refractivity contribution in [3.8, 4) is 5.75 Å². The summed E-state index contributed by atoms with van der Waals surface area (Å²) >= 11 is 0. The van der Waals surface area contributed by atoms with Gasteiger partial charge >= 0.3 is 0 Å². The molecule has 0 spiro atoms. The second-order valence-corrected chi connectivity index (χ2v) is 5.26. The molecule has 1 aromatic carbocycles. The lowest BCUT2D eigenvalue weighted by Gasteiger charge is -2.25. The van der Waals surface area contributed by atoms with Crippen LogP contribution in [0.5, 0.6) is 5.75 Å². The van der Waals surface area contributed by atoms with Crippen LogP contribution in [0.25, 0.3) is 0 Å². The zero-order valence-corrected chi connectivity index (χ0v) is 13.0. The SMILES string of the molecule is COCCCCN1C(=O)C(C)NC1c1ccccc1OC. The van der Waals surface area contributed by atoms with E-state index >= 15 is 0 Å². The van der Waals surface area contributed by atoms with Crippen LogP contribution in [0.4, 0.5) is 0 Å². The van der Waals surface area contributed by atoms with Crippen molar-refractivity contribution in [2.24, 2.45) is 0 Å². The van der Waals surface area contributed by atoms with E-state index in [1.807, 2.05) is 36.1 Å². The van der Waals surface area contributed by atoms with E-state index in [0.29, 0.717) is 0 Å². The van der Waals surface area contributed by atoms with Crippen LogP contribution >= 0.6 is 0 Å². The third kappa shape index (κ3) is 3.54. The summed E-state index contributed by atoms with van der Waals surface area (Å²) in [7, 11) is 3.35. The number of hydrogen-bond acceptors (Lipinski definition) is 4. The quantitative estimate of drug-likeness (QED) is 0.780. The Labute approximate surface area is 126 Å². The Bertz CT molecular complexity index is 478. The first kappa shape index (κ1) is 15.8. The molecule has 0 aromatic heterocycles. The molecule has 2 atom stereocenters. The van der Waals surface area contributed by atoms with Crippen LogP contribution in [0.2, 0.25) is 0 Å². The molecule has 0 aliphatic carbocycles. The number of nitrogens with one attached hydrogen (secondary N) is 1. The summed E-state index contributed by atoms with van der Waals surface area (Å²) in [5, 5.41) is 3.35. The van der Waals surface area contributed by atoms with Gasteiger partial charge in [0.2, 0.25) is 5.91 Å². The fraction of sp³-hybridized carbons (Fsp3) is 0.562. The van der Waals surface area contributed by atoms with E-state index in [9.17, 15) is 4.79 Å². The van der Waals surface area contributed by atoms with Crippen LogP contribution < -0.4 is 10.1 Å². The number of rotatable bonds is 7. The van der Waals surface area contributed by atoms with Crippen molar-refractivity contribution >= 4 is 5.91 Å². The van der Waals surface area contributed by atoms with E-state index in [-0.39, 0.29) is 18.1 Å². The van der Waals surface area contributed by atoms with Gasteiger partial charge in [0, 0.05) is 25.8 Å². The highest BCUT2D eigenvalue weighted by atomic mass is 16.5. The summed E-state index contributed by atoms with van der Waals surface area (Å²) in [4.78, 5) is 14.2. The van der Waals surface area contributed by atoms with Crippen molar-refractivity contribution in [3.63, 3.8) is 0 Å². The molecule has 21 heavy (non-hydrogen) atoms. The molecule has 1 aliphatic rings. The molecule has 0 bridgehead atoms. The normalized spacial score (nSPS) is 21.9. The van der Waals surface area contributed by atoms with Gasteiger partial charge < -0.3 is 14.4 Å². The van der Waals surface area contributed by atoms with Crippen LogP contribution in [0.3, 0.4) is 0 Å². The van der Waals surface area contributed by atoms with E-state index in [1.165, 1.54) is 0 Å². The maximum atomic E-state index is 12.3. The van der Waals surface area contributed by atoms with Crippen LogP contribution in [-0.4, -0.2) is 44.2 Å². The molecule has 0 saturated carbocycles. The number of para-hydroxylation sites is 1. The van der Waals surface area contributed by atoms with E-state index in [0.717, 1.165) is 37.3 Å². The number of unbranched alkanes of at least 4 members (excludes halogenated alkanes) is 1. The third-order valence-corrected chi connectivity index (χ3v) is 3.80. The molecule has 2 rings (SSSR count). The summed E-state index contributed by atoms with van der Waals surface area (Å²) < 4.78 is 10.5. The van der Waals surface area contributed by atoms with Gasteiger partial charge in [-0.1, -0.05) is 18.2 Å². The molecule has 1 N–H and O–H groups in total. The molecule has 5 heteroatoms. The summed E-state index contributed by atoms with van der Waals surface area (Å²) in [6, 6.07) is 7.67. The summed E-state index contributed by atoms with van der Waals surface area (Å²) in [6.45, 7) is 3.35. The number of hydrogen-bond donors (Lipinski definition) is 1. The number of ether oxygens (including phenoxy) is 2. The lowest BCUT2D eigenvalue weighted by atomic mass is 10.1. The molecule has 116 valence electrons. The van der Waals surface area contributed by atoms with Gasteiger partial charge in [0.25, 0.3) is 0 Å². The van der Waals surface area contributed by atoms with E-state index in [1.54, 1.807) is 14.2 Å². The Balaban J connectivity index is 2.13. The van der Waals surface area contributed by atoms with Crippen molar-refractivity contribution in [3.05, 3.63) is 29.8 Å². The van der Waals surface area contributed by atoms with Crippen LogP contribution in [0, 0.1) is 0 Å². The van der Waals surface area contributed by atoms with E-state index < -0.39 is 0 Å². The minimum atomic E-state index is -0.165. The predicted octanol–water partition coefficient (Wildman–Crippen LogP) is 1.94. The maximum Gasteiger partial charge on any atom is 0.241 e. The fourth-order valence-corrected chi connectivity index (χ4v) is 2.69. The van der Waals surface area contributed by atoms with Crippen LogP contribution in [-0.2, 0) is 9.53 Å². The molecular formula is C16H24N2O3. The first-order valence-electron chi connectivity index (χ1n) is 7.37. The number of methoxy groups -OCH3 is 2. The van der Waals surface area contributed by atoms with Crippen LogP contribution in [0.15, 0.2) is 24.3 Å². The fourth-order valence-electron chi connectivity index (χ4n) is 2.69. The topological polar surface area (TPSA) is 50.8 Å². The smallest absolute Gasteiger partial charge is 0.241 e. The van der Waals surface area contributed by atoms with E-state index in [4.69, 9.17) is 9.47 Å². The van der Waals surface area contributed by atoms with Crippen LogP contribution in [0.1, 0.15) is 31.5 Å². The Hall–Kier alpha value is -1.59. The van der Waals surface area contributed by atoms with Gasteiger partial charge in [-0.05, 0) is 25.8 Å². The Morgan fingerprint density at radius 1 is 1.24 bits per heavy atom. The zero-order valence-electron chi connectivity index (χ0n) is 13.0. The lowest BCUT2D eigenvalue weighted by molar-refractivity contribution is -0.129. The molecule has 2 unspecified atom stereocenters. The average molecular weight is 292 g/mol. The van der Waals surface area contributed by atoms with Gasteiger partial charge in [0.1, 0.15) is 11.9 Å². The van der Waals surface area contributed by atoms with Gasteiger partial charge in [-0.3, -0.25) is 10.1 Å². The number of amides is 1. The first-order valence-corrected chi connectivity index (χ1v) is 7.37. The molecule has 1 heterocycles. The van der Waals surface area contributed by atoms with Gasteiger partial charge in [0.15, 0.2) is 0 Å². The molecule has 1 saturated heterocycles. The highest BCUT2D eigenvalue weighted by Crippen LogP contribution is 2.31. The Kier molecular flexibility index (Phi) is 5.59. The van der Waals surface area contributed by atoms with Crippen molar-refractivity contribution in [1.82, 2.24) is 10.2 Å². The lowest BCUT2D eigenvalue weighted by Crippen LogP contribution is -2.32. The van der Waals surface area contributed by atoms with Crippen molar-refractivity contribution in [2.45, 2.75) is 32.0 Å². The molecular weight excluding hydrogens is 268 g/mol. The molecule has 1 aromatic rings. The molecule has 1 aliphatic heterocycles. The molecule has 1 amide bonds. The highest BCUT2D eigenvalue weighted by molar-refractivity contribution is 5.84. The van der Waals surface area contributed by atoms with Crippen molar-refractivity contribution in [2.75, 3.05) is 27.4 Å². The second kappa shape index (κ2) is 7.43. The average Bonchev–Trinajstić information content (AvgIpc) is 2.79. The predicted molar refractivity (Wildman–Crippen MR) is 81.2 cm³/mol. The van der Waals surface area contributed by atoms with Gasteiger partial charge in [-0.15, -0.1) is 0 Å². The zero-order chi connectivity index (χ0) is 15.2. The number of nitrogens with zero attached hydrogens (tertiary/aromatic N) is 1. The summed E-state index contributed by atoms with van der Waals surface area (Å²) in [5.74, 6) is 0.946. The number of carbonyl (C=O) groups is 1. The first-order chi connectivity index (χ1) is 10.2. The Morgan fingerprint density at radius 3 is 2.71 bits per heavy atom. The molecule has 0 radical (unpaired) electrons. The summed E-state index contributed by atoms with van der Waals surface area (Å²) in [5.41, 5.74) is 1.00. The maximum absolute atomic E-state index is 12.3. The second-order valence-electron chi connectivity index (χ2n) is 5.26. The van der Waals surface area contributed by atoms with Gasteiger partial charge in [-0.2, -0.15) is 0 Å². The van der Waals surface area contributed by atoms with Gasteiger partial charge in [0.05, 0.1) is 13.2 Å². The van der Waals surface area contributed by atoms with Gasteiger partial charge in [-0.25, -0.2) is 0 Å². The number of carbonyl (C=O) groups excluding carboxylic acids is 1. The minimum absolute atomic E-state index is 0.119. The Morgan fingerprint density at radius 2 is 2.00 bits per heavy atom. The third-order valence-electron chi connectivity index (χ3n) is 3.80. The standard InChI is InChI=1S/C16H24N2O3/c1-12-16(19)18(10-6-7-11-20-2)15(17-12)13-8-4-5-9-14(13)21-3/h4-5,8-9,12,15,17H,6-7,10-11H2,1-3H3. The molecule has 5 nitrogen and oxygen atoms in total. The molecule has 1 fully saturated rings. The monoisotopic (exact) mass is 292 g/mol. The van der Waals surface area contributed by atoms with E-state index in [2.05, 4.69) is 5.32 Å².